The molecule has 3 atom stereocenters. The molecule has 190 valence electrons. The van der Waals surface area contributed by atoms with Gasteiger partial charge in [0.25, 0.3) is 0 Å². The number of likely N-dealkylation sites (tertiary alicyclic amines) is 1. The number of rotatable bonds is 6. The summed E-state index contributed by atoms with van der Waals surface area (Å²) >= 11 is 5.94. The molecule has 1 aromatic carbocycles. The highest BCUT2D eigenvalue weighted by Crippen LogP contribution is 2.59. The van der Waals surface area contributed by atoms with Gasteiger partial charge in [-0.2, -0.15) is 26.3 Å². The van der Waals surface area contributed by atoms with Crippen molar-refractivity contribution in [2.24, 2.45) is 5.41 Å². The van der Waals surface area contributed by atoms with Crippen LogP contribution in [0, 0.1) is 5.41 Å². The summed E-state index contributed by atoms with van der Waals surface area (Å²) in [5.41, 5.74) is -2.73. The van der Waals surface area contributed by atoms with Crippen LogP contribution in [0.4, 0.5) is 26.3 Å². The molecule has 1 aromatic rings. The Kier molecular flexibility index (Phi) is 6.57. The molecule has 0 aromatic heterocycles. The topological polar surface area (TPSA) is 101 Å². The minimum atomic E-state index is -4.92. The summed E-state index contributed by atoms with van der Waals surface area (Å²) in [5.74, 6) is -3.55. The van der Waals surface area contributed by atoms with E-state index in [9.17, 15) is 49.5 Å². The Morgan fingerprint density at radius 3 is 2.24 bits per heavy atom. The predicted octanol–water partition coefficient (Wildman–Crippen LogP) is 3.84. The van der Waals surface area contributed by atoms with Gasteiger partial charge in [-0.1, -0.05) is 11.6 Å². The lowest BCUT2D eigenvalue weighted by atomic mass is 10.0. The van der Waals surface area contributed by atoms with Crippen LogP contribution in [0.2, 0.25) is 5.02 Å². The Balaban J connectivity index is 1.87. The molecule has 1 saturated carbocycles. The first-order valence-electron chi connectivity index (χ1n) is 9.79. The molecule has 1 amide bonds. The fraction of sp³-hybridized carbons (Fsp3) is 0.579. The van der Waals surface area contributed by atoms with Crippen molar-refractivity contribution < 1.29 is 54.2 Å². The predicted molar refractivity (Wildman–Crippen MR) is 104 cm³/mol. The summed E-state index contributed by atoms with van der Waals surface area (Å²) in [5, 5.41) is 7.28. The summed E-state index contributed by atoms with van der Waals surface area (Å²) < 4.78 is 109. The average Bonchev–Trinajstić information content (AvgIpc) is 3.38. The Bertz CT molecular complexity index is 1100. The quantitative estimate of drug-likeness (QED) is 0.554. The van der Waals surface area contributed by atoms with Crippen molar-refractivity contribution in [2.45, 2.75) is 60.8 Å². The number of alkyl halides is 6. The third kappa shape index (κ3) is 4.66. The van der Waals surface area contributed by atoms with Gasteiger partial charge in [0, 0.05) is 12.6 Å². The van der Waals surface area contributed by atoms with Gasteiger partial charge in [-0.05, 0) is 38.3 Å². The molecule has 7 nitrogen and oxygen atoms in total. The van der Waals surface area contributed by atoms with Crippen molar-refractivity contribution in [1.82, 2.24) is 4.90 Å². The van der Waals surface area contributed by atoms with Gasteiger partial charge >= 0.3 is 18.3 Å². The van der Waals surface area contributed by atoms with Gasteiger partial charge in [0.15, 0.2) is 15.9 Å². The maximum Gasteiger partial charge on any atom is 0.425 e. The zero-order valence-corrected chi connectivity index (χ0v) is 18.9. The number of halogens is 7. The van der Waals surface area contributed by atoms with E-state index in [1.165, 1.54) is 0 Å². The van der Waals surface area contributed by atoms with E-state index in [0.717, 1.165) is 25.1 Å². The standard InChI is InChI=1S/C19H18ClF6NO6S/c1-9(18(21,22)23)33-10-2-3-14(12(20)6-10)34(31,32)11-7-13(15(28)29)27(8-11)16(30)17(4-5-17)19(24,25)26/h2-3,6,9,11,13H,4-5,7-8H2,1H3,(H,28,29). The van der Waals surface area contributed by atoms with Crippen molar-refractivity contribution in [3.63, 3.8) is 0 Å². The zero-order valence-electron chi connectivity index (χ0n) is 17.3. The molecule has 15 heteroatoms. The first kappa shape index (κ1) is 26.4. The van der Waals surface area contributed by atoms with Gasteiger partial charge in [0.1, 0.15) is 17.2 Å². The number of ether oxygens (including phenoxy) is 1. The maximum atomic E-state index is 13.4. The molecule has 2 fully saturated rings. The summed E-state index contributed by atoms with van der Waals surface area (Å²) in [7, 11) is -4.48. The highest BCUT2D eigenvalue weighted by atomic mass is 35.5. The van der Waals surface area contributed by atoms with Crippen LogP contribution >= 0.6 is 11.6 Å². The fourth-order valence-electron chi connectivity index (χ4n) is 3.74. The zero-order chi connectivity index (χ0) is 25.9. The molecular formula is C19H18ClF6NO6S. The second kappa shape index (κ2) is 8.47. The van der Waals surface area contributed by atoms with E-state index in [1.54, 1.807) is 0 Å². The minimum absolute atomic E-state index is 0.388. The molecular weight excluding hydrogens is 520 g/mol. The van der Waals surface area contributed by atoms with Crippen LogP contribution in [0.15, 0.2) is 23.1 Å². The lowest BCUT2D eigenvalue weighted by molar-refractivity contribution is -0.199. The van der Waals surface area contributed by atoms with Gasteiger partial charge in [0.05, 0.1) is 15.2 Å². The summed E-state index contributed by atoms with van der Waals surface area (Å²) in [6, 6.07) is 0.790. The van der Waals surface area contributed by atoms with Crippen LogP contribution in [0.5, 0.6) is 5.75 Å². The number of nitrogens with zero attached hydrogens (tertiary/aromatic N) is 1. The lowest BCUT2D eigenvalue weighted by Gasteiger charge is -2.28. The van der Waals surface area contributed by atoms with Gasteiger partial charge in [-0.15, -0.1) is 0 Å². The SMILES string of the molecule is CC(Oc1ccc(S(=O)(=O)C2CC(C(=O)O)N(C(=O)C3(C(F)(F)F)CC3)C2)c(Cl)c1)C(F)(F)F. The number of carbonyl (C=O) groups is 2. The number of hydrogen-bond donors (Lipinski definition) is 1. The molecule has 0 bridgehead atoms. The Morgan fingerprint density at radius 1 is 1.21 bits per heavy atom. The van der Waals surface area contributed by atoms with E-state index >= 15 is 0 Å². The molecule has 1 aliphatic carbocycles. The number of carboxylic acid groups (broad SMARTS) is 1. The van der Waals surface area contributed by atoms with Crippen LogP contribution in [-0.4, -0.2) is 66.6 Å². The smallest absolute Gasteiger partial charge is 0.425 e. The van der Waals surface area contributed by atoms with Crippen LogP contribution in [0.1, 0.15) is 26.2 Å². The van der Waals surface area contributed by atoms with Gasteiger partial charge in [-0.3, -0.25) is 4.79 Å². The molecule has 0 radical (unpaired) electrons. The van der Waals surface area contributed by atoms with E-state index in [1.807, 2.05) is 0 Å². The van der Waals surface area contributed by atoms with E-state index < -0.39 is 92.6 Å². The van der Waals surface area contributed by atoms with E-state index in [-0.39, 0.29) is 5.75 Å². The van der Waals surface area contributed by atoms with E-state index in [0.29, 0.717) is 4.90 Å². The van der Waals surface area contributed by atoms with Crippen molar-refractivity contribution in [1.29, 1.82) is 0 Å². The first-order valence-corrected chi connectivity index (χ1v) is 11.7. The first-order chi connectivity index (χ1) is 15.4. The third-order valence-corrected chi connectivity index (χ3v) is 8.55. The number of carboxylic acids is 1. The number of amides is 1. The largest absolute Gasteiger partial charge is 0.481 e. The molecule has 34 heavy (non-hydrogen) atoms. The molecule has 3 rings (SSSR count). The summed E-state index contributed by atoms with van der Waals surface area (Å²) in [4.78, 5) is 24.1. The molecule has 2 aliphatic rings. The molecule has 1 heterocycles. The van der Waals surface area contributed by atoms with Crippen molar-refractivity contribution >= 4 is 33.3 Å². The van der Waals surface area contributed by atoms with Crippen molar-refractivity contribution in [2.75, 3.05) is 6.54 Å². The van der Waals surface area contributed by atoms with Crippen LogP contribution in [-0.2, 0) is 19.4 Å². The summed E-state index contributed by atoms with van der Waals surface area (Å²) in [6.45, 7) is -0.0854. The molecule has 3 unspecified atom stereocenters. The second-order valence-electron chi connectivity index (χ2n) is 8.19. The monoisotopic (exact) mass is 537 g/mol. The van der Waals surface area contributed by atoms with Crippen LogP contribution in [0.3, 0.4) is 0 Å². The van der Waals surface area contributed by atoms with E-state index in [4.69, 9.17) is 11.6 Å². The van der Waals surface area contributed by atoms with Gasteiger partial charge in [-0.25, -0.2) is 13.2 Å². The molecule has 1 saturated heterocycles. The molecule has 1 aliphatic heterocycles. The second-order valence-corrected chi connectivity index (χ2v) is 10.8. The number of carbonyl (C=O) groups excluding carboxylic acids is 1. The Morgan fingerprint density at radius 2 is 1.79 bits per heavy atom. The summed E-state index contributed by atoms with van der Waals surface area (Å²) in [6.07, 6.45) is -13.6. The lowest BCUT2D eigenvalue weighted by Crippen LogP contribution is -2.48. The van der Waals surface area contributed by atoms with Gasteiger partial charge in [0.2, 0.25) is 5.91 Å². The van der Waals surface area contributed by atoms with Crippen molar-refractivity contribution in [3.05, 3.63) is 23.2 Å². The Hall–Kier alpha value is -2.22. The third-order valence-electron chi connectivity index (χ3n) is 5.93. The Labute approximate surface area is 194 Å². The average molecular weight is 538 g/mol. The number of aliphatic carboxylic acids is 1. The highest BCUT2D eigenvalue weighted by Gasteiger charge is 2.70. The molecule has 0 spiro atoms. The van der Waals surface area contributed by atoms with Gasteiger partial charge < -0.3 is 14.7 Å². The number of hydrogen-bond acceptors (Lipinski definition) is 5. The maximum absolute atomic E-state index is 13.4. The van der Waals surface area contributed by atoms with Crippen molar-refractivity contribution in [3.8, 4) is 5.75 Å². The minimum Gasteiger partial charge on any atom is -0.481 e. The molecule has 1 N–H and O–H groups in total. The number of benzene rings is 1. The normalized spacial score (nSPS) is 23.5. The van der Waals surface area contributed by atoms with Crippen LogP contribution < -0.4 is 4.74 Å². The highest BCUT2D eigenvalue weighted by molar-refractivity contribution is 7.92. The number of sulfone groups is 1. The van der Waals surface area contributed by atoms with Crippen LogP contribution in [0.25, 0.3) is 0 Å². The van der Waals surface area contributed by atoms with E-state index in [2.05, 4.69) is 4.74 Å². The fourth-order valence-corrected chi connectivity index (χ4v) is 5.97.